The largest absolute Gasteiger partial charge is 0.467 e. The molecule has 0 unspecified atom stereocenters. The van der Waals surface area contributed by atoms with Gasteiger partial charge in [-0.2, -0.15) is 5.26 Å². The van der Waals surface area contributed by atoms with Gasteiger partial charge in [-0.25, -0.2) is 9.59 Å². The number of carbonyl (C=O) groups excluding carboxylic acids is 2. The summed E-state index contributed by atoms with van der Waals surface area (Å²) in [6.07, 6.45) is 1.26. The summed E-state index contributed by atoms with van der Waals surface area (Å²) in [5.74, 6) is -0.560. The molecule has 0 aliphatic carbocycles. The quantitative estimate of drug-likeness (QED) is 0.798. The zero-order chi connectivity index (χ0) is 16.7. The number of piperidine rings is 1. The molecule has 1 fully saturated rings. The molecule has 1 saturated heterocycles. The number of methoxy groups -OCH3 is 1. The van der Waals surface area contributed by atoms with Gasteiger partial charge in [0.15, 0.2) is 5.54 Å². The van der Waals surface area contributed by atoms with Crippen LogP contribution in [0.3, 0.4) is 0 Å². The number of ether oxygens (including phenoxy) is 2. The highest BCUT2D eigenvalue weighted by atomic mass is 16.6. The zero-order valence-electron chi connectivity index (χ0n) is 13.2. The predicted octanol–water partition coefficient (Wildman–Crippen LogP) is 2.63. The average Bonchev–Trinajstić information content (AvgIpc) is 2.60. The van der Waals surface area contributed by atoms with Crippen molar-refractivity contribution in [3.8, 4) is 6.07 Å². The Morgan fingerprint density at radius 2 is 2.04 bits per heavy atom. The van der Waals surface area contributed by atoms with Crippen LogP contribution in [-0.4, -0.2) is 36.2 Å². The van der Waals surface area contributed by atoms with Crippen molar-refractivity contribution in [1.29, 1.82) is 5.26 Å². The van der Waals surface area contributed by atoms with Crippen molar-refractivity contribution in [2.75, 3.05) is 13.7 Å². The van der Waals surface area contributed by atoms with E-state index >= 15 is 0 Å². The second-order valence-electron chi connectivity index (χ2n) is 5.51. The number of likely N-dealkylation sites (tertiary alicyclic amines) is 1. The van der Waals surface area contributed by atoms with Crippen LogP contribution in [0.15, 0.2) is 30.3 Å². The molecule has 1 amide bonds. The molecule has 1 atom stereocenters. The minimum atomic E-state index is -1.24. The van der Waals surface area contributed by atoms with Gasteiger partial charge >= 0.3 is 12.1 Å². The van der Waals surface area contributed by atoms with E-state index in [0.717, 1.165) is 18.4 Å². The zero-order valence-corrected chi connectivity index (χ0v) is 13.2. The molecule has 6 heteroatoms. The van der Waals surface area contributed by atoms with Gasteiger partial charge < -0.3 is 9.47 Å². The van der Waals surface area contributed by atoms with Crippen LogP contribution in [0.25, 0.3) is 0 Å². The molecule has 0 spiro atoms. The first kappa shape index (κ1) is 16.8. The van der Waals surface area contributed by atoms with E-state index in [-0.39, 0.29) is 13.0 Å². The number of nitrogens with zero attached hydrogens (tertiary/aromatic N) is 2. The molecule has 0 aromatic heterocycles. The van der Waals surface area contributed by atoms with E-state index in [4.69, 9.17) is 14.7 Å². The van der Waals surface area contributed by atoms with Gasteiger partial charge in [-0.1, -0.05) is 30.3 Å². The molecular weight excluding hydrogens is 296 g/mol. The minimum Gasteiger partial charge on any atom is -0.467 e. The molecule has 0 bridgehead atoms. The Balaban J connectivity index is 2.14. The highest BCUT2D eigenvalue weighted by molar-refractivity contribution is 5.86. The normalized spacial score (nSPS) is 20.4. The van der Waals surface area contributed by atoms with Gasteiger partial charge in [0.25, 0.3) is 0 Å². The third-order valence-corrected chi connectivity index (χ3v) is 4.10. The summed E-state index contributed by atoms with van der Waals surface area (Å²) in [6.45, 7) is 0.504. The van der Waals surface area contributed by atoms with E-state index in [0.29, 0.717) is 13.0 Å². The molecular formula is C17H20N2O4. The van der Waals surface area contributed by atoms with Crippen molar-refractivity contribution in [2.24, 2.45) is 0 Å². The molecule has 1 aromatic rings. The van der Waals surface area contributed by atoms with Crippen molar-refractivity contribution in [2.45, 2.75) is 37.8 Å². The van der Waals surface area contributed by atoms with Gasteiger partial charge in [0.1, 0.15) is 6.61 Å². The highest BCUT2D eigenvalue weighted by Crippen LogP contribution is 2.33. The van der Waals surface area contributed by atoms with E-state index in [1.807, 2.05) is 36.4 Å². The lowest BCUT2D eigenvalue weighted by Gasteiger charge is -2.42. The topological polar surface area (TPSA) is 79.6 Å². The Kier molecular flexibility index (Phi) is 5.58. The second-order valence-corrected chi connectivity index (χ2v) is 5.51. The van der Waals surface area contributed by atoms with Crippen molar-refractivity contribution in [3.63, 3.8) is 0 Å². The van der Waals surface area contributed by atoms with Crippen LogP contribution >= 0.6 is 0 Å². The smallest absolute Gasteiger partial charge is 0.411 e. The van der Waals surface area contributed by atoms with E-state index in [1.165, 1.54) is 12.0 Å². The Labute approximate surface area is 135 Å². The third kappa shape index (κ3) is 3.62. The molecule has 1 aliphatic heterocycles. The molecule has 6 nitrogen and oxygen atoms in total. The Morgan fingerprint density at radius 1 is 1.30 bits per heavy atom. The van der Waals surface area contributed by atoms with Crippen LogP contribution in [0.1, 0.15) is 31.2 Å². The fraction of sp³-hybridized carbons (Fsp3) is 0.471. The van der Waals surface area contributed by atoms with Gasteiger partial charge in [0.2, 0.25) is 0 Å². The van der Waals surface area contributed by atoms with Gasteiger partial charge in [0.05, 0.1) is 19.6 Å². The van der Waals surface area contributed by atoms with Gasteiger partial charge in [0, 0.05) is 6.54 Å². The number of hydrogen-bond acceptors (Lipinski definition) is 5. The number of nitriles is 1. The highest BCUT2D eigenvalue weighted by Gasteiger charge is 2.49. The number of esters is 1. The minimum absolute atomic E-state index is 0.0971. The summed E-state index contributed by atoms with van der Waals surface area (Å²) in [5.41, 5.74) is -0.378. The summed E-state index contributed by atoms with van der Waals surface area (Å²) in [4.78, 5) is 26.1. The second kappa shape index (κ2) is 7.63. The molecule has 23 heavy (non-hydrogen) atoms. The third-order valence-electron chi connectivity index (χ3n) is 4.10. The first-order chi connectivity index (χ1) is 11.1. The van der Waals surface area contributed by atoms with E-state index in [2.05, 4.69) is 0 Å². The van der Waals surface area contributed by atoms with Crippen LogP contribution < -0.4 is 0 Å². The monoisotopic (exact) mass is 316 g/mol. The van der Waals surface area contributed by atoms with Gasteiger partial charge in [-0.3, -0.25) is 4.90 Å². The standard InChI is InChI=1S/C17H20N2O4/c1-22-15(20)17(10-11-18)9-5-6-12-19(17)16(21)23-13-14-7-3-2-4-8-14/h2-4,7-8H,5-6,9-10,12-13H2,1H3/t17-/m0/s1. The van der Waals surface area contributed by atoms with E-state index < -0.39 is 17.6 Å². The number of benzene rings is 1. The van der Waals surface area contributed by atoms with Crippen LogP contribution in [0.2, 0.25) is 0 Å². The average molecular weight is 316 g/mol. The van der Waals surface area contributed by atoms with Gasteiger partial charge in [-0.05, 0) is 24.8 Å². The molecule has 1 heterocycles. The first-order valence-corrected chi connectivity index (χ1v) is 7.58. The molecule has 1 aliphatic rings. The van der Waals surface area contributed by atoms with Crippen LogP contribution in [0, 0.1) is 11.3 Å². The lowest BCUT2D eigenvalue weighted by molar-refractivity contribution is -0.156. The van der Waals surface area contributed by atoms with Crippen LogP contribution in [0.4, 0.5) is 4.79 Å². The van der Waals surface area contributed by atoms with Crippen LogP contribution in [0.5, 0.6) is 0 Å². The Hall–Kier alpha value is -2.55. The maximum absolute atomic E-state index is 12.5. The maximum atomic E-state index is 12.5. The van der Waals surface area contributed by atoms with E-state index in [9.17, 15) is 9.59 Å². The lowest BCUT2D eigenvalue weighted by Crippen LogP contribution is -2.59. The predicted molar refractivity (Wildman–Crippen MR) is 82.2 cm³/mol. The Bertz CT molecular complexity index is 596. The SMILES string of the molecule is COC(=O)[C@@]1(CC#N)CCCCN1C(=O)OCc1ccccc1. The van der Waals surface area contributed by atoms with Crippen molar-refractivity contribution in [3.05, 3.63) is 35.9 Å². The Morgan fingerprint density at radius 3 is 2.70 bits per heavy atom. The molecule has 2 rings (SSSR count). The number of amides is 1. The first-order valence-electron chi connectivity index (χ1n) is 7.58. The fourth-order valence-corrected chi connectivity index (χ4v) is 2.89. The van der Waals surface area contributed by atoms with Crippen LogP contribution in [-0.2, 0) is 20.9 Å². The van der Waals surface area contributed by atoms with Crippen molar-refractivity contribution >= 4 is 12.1 Å². The molecule has 0 saturated carbocycles. The summed E-state index contributed by atoms with van der Waals surface area (Å²) in [7, 11) is 1.27. The number of carbonyl (C=O) groups is 2. The summed E-state index contributed by atoms with van der Waals surface area (Å²) in [5, 5.41) is 9.10. The maximum Gasteiger partial charge on any atom is 0.411 e. The van der Waals surface area contributed by atoms with Crippen molar-refractivity contribution in [1.82, 2.24) is 4.90 Å². The van der Waals surface area contributed by atoms with Crippen molar-refractivity contribution < 1.29 is 19.1 Å². The lowest BCUT2D eigenvalue weighted by atomic mass is 9.84. The summed E-state index contributed by atoms with van der Waals surface area (Å²) < 4.78 is 10.2. The number of hydrogen-bond donors (Lipinski definition) is 0. The molecule has 122 valence electrons. The van der Waals surface area contributed by atoms with E-state index in [1.54, 1.807) is 0 Å². The molecule has 0 N–H and O–H groups in total. The summed E-state index contributed by atoms with van der Waals surface area (Å²) >= 11 is 0. The molecule has 0 radical (unpaired) electrons. The molecule has 1 aromatic carbocycles. The number of rotatable bonds is 4. The summed E-state index contributed by atoms with van der Waals surface area (Å²) in [6, 6.07) is 11.3. The van der Waals surface area contributed by atoms with Gasteiger partial charge in [-0.15, -0.1) is 0 Å². The fourth-order valence-electron chi connectivity index (χ4n) is 2.89.